The first kappa shape index (κ1) is 12.2. The Kier molecular flexibility index (Phi) is 3.55. The first-order chi connectivity index (χ1) is 9.90. The van der Waals surface area contributed by atoms with Crippen molar-refractivity contribution in [1.29, 1.82) is 0 Å². The average Bonchev–Trinajstić information content (AvgIpc) is 2.50. The van der Waals surface area contributed by atoms with Gasteiger partial charge in [-0.15, -0.1) is 0 Å². The van der Waals surface area contributed by atoms with Gasteiger partial charge in [0.2, 0.25) is 11.8 Å². The maximum atomic E-state index is 5.65. The minimum absolute atomic E-state index is 0.544. The minimum atomic E-state index is 0.544. The highest BCUT2D eigenvalue weighted by atomic mass is 16.5. The number of ether oxygens (including phenoxy) is 2. The van der Waals surface area contributed by atoms with E-state index in [-0.39, 0.29) is 0 Å². The molecule has 0 unspecified atom stereocenters. The van der Waals surface area contributed by atoms with E-state index in [1.165, 1.54) is 0 Å². The van der Waals surface area contributed by atoms with Crippen LogP contribution in [0, 0.1) is 0 Å². The fourth-order valence-corrected chi connectivity index (χ4v) is 1.66. The molecule has 0 aliphatic rings. The van der Waals surface area contributed by atoms with Crippen molar-refractivity contribution in [2.45, 2.75) is 0 Å². The molecule has 2 heterocycles. The maximum Gasteiger partial charge on any atom is 0.219 e. The van der Waals surface area contributed by atoms with Crippen LogP contribution in [0.1, 0.15) is 0 Å². The Labute approximate surface area is 116 Å². The molecule has 4 heteroatoms. The number of hydrogen-bond donors (Lipinski definition) is 0. The lowest BCUT2D eigenvalue weighted by atomic mass is 10.3. The zero-order valence-corrected chi connectivity index (χ0v) is 10.6. The van der Waals surface area contributed by atoms with Gasteiger partial charge in [0.1, 0.15) is 11.5 Å². The van der Waals surface area contributed by atoms with E-state index in [0.29, 0.717) is 23.3 Å². The zero-order chi connectivity index (χ0) is 13.6. The van der Waals surface area contributed by atoms with Gasteiger partial charge in [0, 0.05) is 30.6 Å². The second-order valence-electron chi connectivity index (χ2n) is 4.01. The summed E-state index contributed by atoms with van der Waals surface area (Å²) in [5, 5.41) is 0. The van der Waals surface area contributed by atoms with Gasteiger partial charge in [-0.3, -0.25) is 0 Å². The lowest BCUT2D eigenvalue weighted by molar-refractivity contribution is 0.442. The number of rotatable bonds is 4. The Morgan fingerprint density at radius 2 is 1.15 bits per heavy atom. The molecule has 0 spiro atoms. The molecule has 0 radical (unpaired) electrons. The Morgan fingerprint density at radius 1 is 0.600 bits per heavy atom. The molecule has 4 nitrogen and oxygen atoms in total. The van der Waals surface area contributed by atoms with Gasteiger partial charge < -0.3 is 9.47 Å². The van der Waals surface area contributed by atoms with Gasteiger partial charge in [-0.25, -0.2) is 9.97 Å². The first-order valence-corrected chi connectivity index (χ1v) is 6.18. The third kappa shape index (κ3) is 3.11. The second kappa shape index (κ2) is 5.84. The molecule has 0 aliphatic carbocycles. The molecule has 2 aromatic heterocycles. The van der Waals surface area contributed by atoms with Crippen molar-refractivity contribution in [3.63, 3.8) is 0 Å². The zero-order valence-electron chi connectivity index (χ0n) is 10.6. The van der Waals surface area contributed by atoms with Gasteiger partial charge >= 0.3 is 0 Å². The molecule has 0 aliphatic heterocycles. The molecule has 0 saturated carbocycles. The molecule has 3 aromatic rings. The molecule has 0 N–H and O–H groups in total. The summed E-state index contributed by atoms with van der Waals surface area (Å²) >= 11 is 0. The van der Waals surface area contributed by atoms with Gasteiger partial charge in [0.15, 0.2) is 0 Å². The molecule has 0 fully saturated rings. The maximum absolute atomic E-state index is 5.65. The van der Waals surface area contributed by atoms with E-state index in [2.05, 4.69) is 9.97 Å². The monoisotopic (exact) mass is 264 g/mol. The van der Waals surface area contributed by atoms with Crippen molar-refractivity contribution in [2.24, 2.45) is 0 Å². The van der Waals surface area contributed by atoms with Crippen molar-refractivity contribution >= 4 is 0 Å². The third-order valence-electron chi connectivity index (χ3n) is 2.53. The van der Waals surface area contributed by atoms with E-state index in [0.717, 1.165) is 0 Å². The van der Waals surface area contributed by atoms with E-state index >= 15 is 0 Å². The van der Waals surface area contributed by atoms with Crippen molar-refractivity contribution in [2.75, 3.05) is 0 Å². The summed E-state index contributed by atoms with van der Waals surface area (Å²) in [5.74, 6) is 2.42. The molecule has 20 heavy (non-hydrogen) atoms. The molecule has 0 bridgehead atoms. The van der Waals surface area contributed by atoms with Crippen LogP contribution in [0.25, 0.3) is 0 Å². The highest BCUT2D eigenvalue weighted by molar-refractivity contribution is 5.36. The number of aromatic nitrogens is 2. The molecular formula is C16H12N2O2. The smallest absolute Gasteiger partial charge is 0.219 e. The van der Waals surface area contributed by atoms with Crippen molar-refractivity contribution in [3.05, 3.63) is 73.1 Å². The van der Waals surface area contributed by atoms with Crippen molar-refractivity contribution in [3.8, 4) is 23.3 Å². The predicted octanol–water partition coefficient (Wildman–Crippen LogP) is 4.06. The van der Waals surface area contributed by atoms with Crippen LogP contribution in [0.15, 0.2) is 73.1 Å². The quantitative estimate of drug-likeness (QED) is 0.712. The fraction of sp³-hybridized carbons (Fsp3) is 0. The highest BCUT2D eigenvalue weighted by Gasteiger charge is 2.02. The Morgan fingerprint density at radius 3 is 1.60 bits per heavy atom. The Hall–Kier alpha value is -2.88. The second-order valence-corrected chi connectivity index (χ2v) is 4.01. The van der Waals surface area contributed by atoms with Crippen LogP contribution in [0.4, 0.5) is 0 Å². The minimum Gasteiger partial charge on any atom is -0.439 e. The van der Waals surface area contributed by atoms with Crippen molar-refractivity contribution < 1.29 is 9.47 Å². The number of pyridine rings is 2. The summed E-state index contributed by atoms with van der Waals surface area (Å²) in [5.41, 5.74) is 0. The summed E-state index contributed by atoms with van der Waals surface area (Å²) in [4.78, 5) is 8.22. The summed E-state index contributed by atoms with van der Waals surface area (Å²) < 4.78 is 11.3. The molecule has 1 aromatic carbocycles. The average molecular weight is 264 g/mol. The highest BCUT2D eigenvalue weighted by Crippen LogP contribution is 2.26. The van der Waals surface area contributed by atoms with E-state index in [4.69, 9.17) is 9.47 Å². The van der Waals surface area contributed by atoms with Crippen LogP contribution < -0.4 is 9.47 Å². The number of hydrogen-bond acceptors (Lipinski definition) is 4. The van der Waals surface area contributed by atoms with Gasteiger partial charge in [-0.2, -0.15) is 0 Å². The van der Waals surface area contributed by atoms with Crippen LogP contribution in [-0.4, -0.2) is 9.97 Å². The lowest BCUT2D eigenvalue weighted by Crippen LogP contribution is -1.89. The molecule has 0 amide bonds. The largest absolute Gasteiger partial charge is 0.439 e. The van der Waals surface area contributed by atoms with Gasteiger partial charge in [0.25, 0.3) is 0 Å². The summed E-state index contributed by atoms with van der Waals surface area (Å²) in [6, 6.07) is 18.4. The Balaban J connectivity index is 1.76. The third-order valence-corrected chi connectivity index (χ3v) is 2.53. The standard InChI is InChI=1S/C16H12N2O2/c1-3-10-17-15(8-1)19-13-6-5-7-14(12-13)20-16-9-2-4-11-18-16/h1-12H. The predicted molar refractivity (Wildman–Crippen MR) is 75.1 cm³/mol. The molecule has 98 valence electrons. The molecule has 0 saturated heterocycles. The van der Waals surface area contributed by atoms with Crippen LogP contribution >= 0.6 is 0 Å². The molecule has 3 rings (SSSR count). The van der Waals surface area contributed by atoms with Gasteiger partial charge in [-0.05, 0) is 24.3 Å². The normalized spacial score (nSPS) is 10.0. The summed E-state index contributed by atoms with van der Waals surface area (Å²) in [6.07, 6.45) is 3.37. The molecule has 0 atom stereocenters. The van der Waals surface area contributed by atoms with Gasteiger partial charge in [0.05, 0.1) is 0 Å². The summed E-state index contributed by atoms with van der Waals surface area (Å²) in [7, 11) is 0. The fourth-order valence-electron chi connectivity index (χ4n) is 1.66. The van der Waals surface area contributed by atoms with E-state index < -0.39 is 0 Å². The lowest BCUT2D eigenvalue weighted by Gasteiger charge is -2.07. The van der Waals surface area contributed by atoms with Gasteiger partial charge in [-0.1, -0.05) is 18.2 Å². The first-order valence-electron chi connectivity index (χ1n) is 6.18. The van der Waals surface area contributed by atoms with Crippen LogP contribution in [-0.2, 0) is 0 Å². The SMILES string of the molecule is c1ccc(Oc2cccc(Oc3ccccn3)c2)nc1. The Bertz CT molecular complexity index is 616. The van der Waals surface area contributed by atoms with E-state index in [1.54, 1.807) is 30.6 Å². The number of nitrogens with zero attached hydrogens (tertiary/aromatic N) is 2. The topological polar surface area (TPSA) is 44.2 Å². The number of benzene rings is 1. The van der Waals surface area contributed by atoms with Crippen molar-refractivity contribution in [1.82, 2.24) is 9.97 Å². The van der Waals surface area contributed by atoms with Crippen LogP contribution in [0.2, 0.25) is 0 Å². The van der Waals surface area contributed by atoms with E-state index in [1.807, 2.05) is 42.5 Å². The summed E-state index contributed by atoms with van der Waals surface area (Å²) in [6.45, 7) is 0. The van der Waals surface area contributed by atoms with Crippen LogP contribution in [0.5, 0.6) is 23.3 Å². The molecular weight excluding hydrogens is 252 g/mol. The van der Waals surface area contributed by atoms with E-state index in [9.17, 15) is 0 Å². The van der Waals surface area contributed by atoms with Crippen LogP contribution in [0.3, 0.4) is 0 Å².